The summed E-state index contributed by atoms with van der Waals surface area (Å²) in [4.78, 5) is 13.2. The Hall–Kier alpha value is -2.03. The van der Waals surface area contributed by atoms with Crippen molar-refractivity contribution in [1.82, 2.24) is 0 Å². The average molecular weight is 554 g/mol. The average Bonchev–Trinajstić information content (AvgIpc) is 2.77. The van der Waals surface area contributed by atoms with E-state index in [9.17, 15) is 8.78 Å². The molecule has 5 nitrogen and oxygen atoms in total. The van der Waals surface area contributed by atoms with Crippen molar-refractivity contribution < 1.29 is 23.0 Å². The maximum absolute atomic E-state index is 12.6. The highest BCUT2D eigenvalue weighted by molar-refractivity contribution is 9.11. The molecule has 0 saturated carbocycles. The molecule has 0 bridgehead atoms. The van der Waals surface area contributed by atoms with E-state index in [2.05, 4.69) is 46.1 Å². The van der Waals surface area contributed by atoms with E-state index in [1.54, 1.807) is 19.1 Å². The van der Waals surface area contributed by atoms with Crippen LogP contribution in [0.25, 0.3) is 0 Å². The molecule has 2 N–H and O–H groups in total. The van der Waals surface area contributed by atoms with Gasteiger partial charge in [-0.1, -0.05) is 74.3 Å². The van der Waals surface area contributed by atoms with Gasteiger partial charge in [-0.2, -0.15) is 8.78 Å². The number of rotatable bonds is 8. The summed E-state index contributed by atoms with van der Waals surface area (Å²) in [5.41, 5.74) is 7.60. The Morgan fingerprint density at radius 3 is 2.27 bits per heavy atom. The fourth-order valence-electron chi connectivity index (χ4n) is 1.75. The lowest BCUT2D eigenvalue weighted by Crippen LogP contribution is -2.12. The van der Waals surface area contributed by atoms with Crippen molar-refractivity contribution in [2.24, 2.45) is 10.7 Å². The highest BCUT2D eigenvalue weighted by Gasteiger charge is 2.12. The molecule has 1 rings (SSSR count). The Bertz CT molecular complexity index is 783. The van der Waals surface area contributed by atoms with Gasteiger partial charge in [0.25, 0.3) is 0 Å². The molecule has 0 unspecified atom stereocenters. The van der Waals surface area contributed by atoms with Crippen LogP contribution < -0.4 is 10.5 Å². The first-order valence-corrected chi connectivity index (χ1v) is 11.5. The Morgan fingerprint density at radius 2 is 1.85 bits per heavy atom. The van der Waals surface area contributed by atoms with Gasteiger partial charge < -0.3 is 20.0 Å². The summed E-state index contributed by atoms with van der Waals surface area (Å²) in [5, 5.41) is 0.331. The minimum absolute atomic E-state index is 0.0989. The Morgan fingerprint density at radius 1 is 1.33 bits per heavy atom. The van der Waals surface area contributed by atoms with Gasteiger partial charge in [0.15, 0.2) is 5.75 Å². The summed E-state index contributed by atoms with van der Waals surface area (Å²) in [7, 11) is 1.51. The van der Waals surface area contributed by atoms with E-state index in [-0.39, 0.29) is 18.0 Å². The van der Waals surface area contributed by atoms with Gasteiger partial charge >= 0.3 is 6.61 Å². The molecular weight excluding hydrogens is 518 g/mol. The number of aldehydes is 1. The molecule has 0 spiro atoms. The summed E-state index contributed by atoms with van der Waals surface area (Å²) < 4.78 is 35.4. The third-order valence-electron chi connectivity index (χ3n) is 3.01. The second-order valence-corrected chi connectivity index (χ2v) is 7.10. The zero-order chi connectivity index (χ0) is 26.4. The van der Waals surface area contributed by atoms with E-state index in [0.717, 1.165) is 6.29 Å². The molecule has 188 valence electrons. The standard InChI is InChI=1S/C17H18BrClF2N2O2.C3H8.C2H4O.C2H6/c1-4-11(18)7-14(10(2)13(22)9-24-3)23-15-8-12(19)5-6-16(15)25-17(20)21;1-3-2;1-2-3;1-2/h4-8,17H,1,9,22H2,2-3H3;3H2,1-2H3;2H,1H3;1-2H3/b11-7+,13-10-,23-14?;;;. The Kier molecular flexibility index (Phi) is 24.9. The SMILES string of the molecule is C=C/C(Br)=C\C(=Nc1cc(Cl)ccc1OC(F)F)/C(C)=C(\N)COC.CC.CC=O.CCC. The summed E-state index contributed by atoms with van der Waals surface area (Å²) >= 11 is 9.26. The molecule has 1 aromatic rings. The fourth-order valence-corrected chi connectivity index (χ4v) is 2.13. The van der Waals surface area contributed by atoms with Crippen LogP contribution >= 0.6 is 27.5 Å². The molecule has 0 aliphatic heterocycles. The fraction of sp³-hybridized carbons (Fsp3) is 0.417. The van der Waals surface area contributed by atoms with E-state index < -0.39 is 6.61 Å². The van der Waals surface area contributed by atoms with Gasteiger partial charge in [-0.05, 0) is 43.7 Å². The van der Waals surface area contributed by atoms with E-state index in [0.29, 0.717) is 26.5 Å². The molecule has 0 atom stereocenters. The lowest BCUT2D eigenvalue weighted by atomic mass is 10.1. The van der Waals surface area contributed by atoms with E-state index in [1.165, 1.54) is 38.7 Å². The number of methoxy groups -OCH3 is 1. The van der Waals surface area contributed by atoms with Crippen molar-refractivity contribution >= 4 is 45.2 Å². The number of carbonyl (C=O) groups is 1. The number of aliphatic imine (C=N–C) groups is 1. The van der Waals surface area contributed by atoms with Crippen molar-refractivity contribution in [2.75, 3.05) is 13.7 Å². The lowest BCUT2D eigenvalue weighted by Gasteiger charge is -2.11. The topological polar surface area (TPSA) is 73.9 Å². The number of hydrogen-bond donors (Lipinski definition) is 1. The van der Waals surface area contributed by atoms with Crippen LogP contribution in [-0.4, -0.2) is 32.3 Å². The number of hydrogen-bond acceptors (Lipinski definition) is 5. The summed E-state index contributed by atoms with van der Waals surface area (Å²) in [6.07, 6.45) is 5.21. The molecule has 9 heteroatoms. The molecule has 1 aromatic carbocycles. The van der Waals surface area contributed by atoms with Crippen molar-refractivity contribution in [3.8, 4) is 5.75 Å². The second kappa shape index (κ2) is 23.1. The van der Waals surface area contributed by atoms with Crippen LogP contribution in [0.4, 0.5) is 14.5 Å². The number of alkyl halides is 2. The molecular formula is C24H36BrClF2N2O3. The zero-order valence-electron chi connectivity index (χ0n) is 20.4. The molecule has 0 fully saturated rings. The van der Waals surface area contributed by atoms with Crippen molar-refractivity contribution in [1.29, 1.82) is 0 Å². The normalized spacial score (nSPS) is 11.5. The lowest BCUT2D eigenvalue weighted by molar-refractivity contribution is -0.106. The smallest absolute Gasteiger partial charge is 0.387 e. The van der Waals surface area contributed by atoms with Crippen LogP contribution in [0.15, 0.2) is 57.7 Å². The van der Waals surface area contributed by atoms with Crippen molar-refractivity contribution in [2.45, 2.75) is 54.6 Å². The van der Waals surface area contributed by atoms with Gasteiger partial charge in [-0.25, -0.2) is 4.99 Å². The Balaban J connectivity index is -0.000000987. The van der Waals surface area contributed by atoms with Gasteiger partial charge in [0.1, 0.15) is 12.0 Å². The maximum atomic E-state index is 12.6. The van der Waals surface area contributed by atoms with Gasteiger partial charge in [0.05, 0.1) is 12.3 Å². The number of halogens is 4. The highest BCUT2D eigenvalue weighted by atomic mass is 79.9. The van der Waals surface area contributed by atoms with Gasteiger partial charge in [0.2, 0.25) is 0 Å². The molecule has 0 saturated heterocycles. The van der Waals surface area contributed by atoms with Crippen LogP contribution in [0.3, 0.4) is 0 Å². The first kappa shape index (κ1) is 35.6. The van der Waals surface area contributed by atoms with E-state index in [4.69, 9.17) is 26.9 Å². The predicted molar refractivity (Wildman–Crippen MR) is 140 cm³/mol. The Labute approximate surface area is 210 Å². The van der Waals surface area contributed by atoms with E-state index >= 15 is 0 Å². The van der Waals surface area contributed by atoms with Crippen LogP contribution in [0.2, 0.25) is 5.02 Å². The van der Waals surface area contributed by atoms with E-state index in [1.807, 2.05) is 13.8 Å². The van der Waals surface area contributed by atoms with Gasteiger partial charge in [-0.3, -0.25) is 0 Å². The quantitative estimate of drug-likeness (QED) is 0.201. The van der Waals surface area contributed by atoms with Crippen LogP contribution in [0, 0.1) is 0 Å². The summed E-state index contributed by atoms with van der Waals surface area (Å²) in [5.74, 6) is -0.0989. The number of carbonyl (C=O) groups excluding carboxylic acids is 1. The first-order chi connectivity index (χ1) is 15.6. The van der Waals surface area contributed by atoms with Crippen molar-refractivity contribution in [3.05, 3.63) is 57.7 Å². The molecule has 0 radical (unpaired) electrons. The molecule has 0 aromatic heterocycles. The number of benzene rings is 1. The van der Waals surface area contributed by atoms with Crippen LogP contribution in [0.1, 0.15) is 48.0 Å². The maximum Gasteiger partial charge on any atom is 0.387 e. The molecule has 0 aliphatic rings. The third-order valence-corrected chi connectivity index (χ3v) is 3.80. The van der Waals surface area contributed by atoms with Crippen LogP contribution in [0.5, 0.6) is 5.75 Å². The minimum atomic E-state index is -2.98. The zero-order valence-corrected chi connectivity index (χ0v) is 22.8. The minimum Gasteiger partial charge on any atom is -0.433 e. The molecule has 0 amide bonds. The monoisotopic (exact) mass is 552 g/mol. The summed E-state index contributed by atoms with van der Waals surface area (Å²) in [6.45, 7) is 12.3. The number of nitrogens with zero attached hydrogens (tertiary/aromatic N) is 1. The van der Waals surface area contributed by atoms with Crippen LogP contribution in [-0.2, 0) is 9.53 Å². The van der Waals surface area contributed by atoms with Gasteiger partial charge in [0, 0.05) is 22.3 Å². The second-order valence-electron chi connectivity index (χ2n) is 5.75. The third kappa shape index (κ3) is 18.1. The van der Waals surface area contributed by atoms with Crippen molar-refractivity contribution in [3.63, 3.8) is 0 Å². The number of ether oxygens (including phenoxy) is 2. The number of nitrogens with two attached hydrogens (primary N) is 1. The first-order valence-electron chi connectivity index (χ1n) is 10.3. The number of allylic oxidation sites excluding steroid dienone is 4. The largest absolute Gasteiger partial charge is 0.433 e. The highest BCUT2D eigenvalue weighted by Crippen LogP contribution is 2.33. The van der Waals surface area contributed by atoms with Gasteiger partial charge in [-0.15, -0.1) is 0 Å². The predicted octanol–water partition coefficient (Wildman–Crippen LogP) is 8.01. The molecule has 0 heterocycles. The summed E-state index contributed by atoms with van der Waals surface area (Å²) in [6, 6.07) is 4.19. The molecule has 33 heavy (non-hydrogen) atoms. The molecule has 0 aliphatic carbocycles.